The summed E-state index contributed by atoms with van der Waals surface area (Å²) in [6, 6.07) is 8.87. The first-order valence-corrected chi connectivity index (χ1v) is 15.8. The van der Waals surface area contributed by atoms with E-state index in [1.54, 1.807) is 0 Å². The zero-order valence-electron chi connectivity index (χ0n) is 24.5. The van der Waals surface area contributed by atoms with Gasteiger partial charge in [-0.15, -0.1) is 0 Å². The molecule has 0 bridgehead atoms. The third-order valence-electron chi connectivity index (χ3n) is 12.2. The summed E-state index contributed by atoms with van der Waals surface area (Å²) in [4.78, 5) is 25.5. The molecule has 6 rings (SSSR count). The standard InChI is InChI=1S/C35H48O4/c1-22-9-11-24(12-10-22)27-7-5-6-8-32(27)39-33(37)31-16-15-29-28-14-13-25-21-26(38-23(2)36)17-19-34(25,3)30(28)18-20-35(29,31)4/h9-13,26-32H,5-8,14-21H2,1-4H3/t26-,27-,28-,29-,30-,31+,32+,34-,35-/m0/s1. The van der Waals surface area contributed by atoms with Crippen molar-refractivity contribution in [3.63, 3.8) is 0 Å². The highest BCUT2D eigenvalue weighted by molar-refractivity contribution is 5.74. The SMILES string of the molecule is CC(=O)O[C@H]1CC[C@@]2(C)C(=CC[C@H]3[C@@H]4CC[C@H](C(=O)O[C@@H]5CCCC[C@H]5c5ccc(C)cc5)[C@@]4(C)CC[C@@H]32)C1. The van der Waals surface area contributed by atoms with Gasteiger partial charge in [0, 0.05) is 19.3 Å². The van der Waals surface area contributed by atoms with E-state index in [1.165, 1.54) is 36.5 Å². The molecule has 0 spiro atoms. The Labute approximate surface area is 235 Å². The number of benzene rings is 1. The molecule has 5 aliphatic carbocycles. The van der Waals surface area contributed by atoms with Crippen molar-refractivity contribution in [3.05, 3.63) is 47.0 Å². The fraction of sp³-hybridized carbons (Fsp3) is 0.714. The lowest BCUT2D eigenvalue weighted by molar-refractivity contribution is -0.164. The maximum atomic E-state index is 13.9. The highest BCUT2D eigenvalue weighted by Crippen LogP contribution is 2.66. The molecule has 0 aliphatic heterocycles. The van der Waals surface area contributed by atoms with Crippen LogP contribution in [0.25, 0.3) is 0 Å². The Morgan fingerprint density at radius 2 is 1.64 bits per heavy atom. The molecule has 4 nitrogen and oxygen atoms in total. The van der Waals surface area contributed by atoms with Crippen LogP contribution in [0.2, 0.25) is 0 Å². The molecule has 4 saturated carbocycles. The summed E-state index contributed by atoms with van der Waals surface area (Å²) in [5, 5.41) is 0. The van der Waals surface area contributed by atoms with Crippen molar-refractivity contribution < 1.29 is 19.1 Å². The molecule has 0 radical (unpaired) electrons. The molecule has 9 atom stereocenters. The minimum Gasteiger partial charge on any atom is -0.462 e. The van der Waals surface area contributed by atoms with Crippen LogP contribution >= 0.6 is 0 Å². The molecule has 0 unspecified atom stereocenters. The van der Waals surface area contributed by atoms with Gasteiger partial charge < -0.3 is 9.47 Å². The summed E-state index contributed by atoms with van der Waals surface area (Å²) in [5.74, 6) is 2.20. The Balaban J connectivity index is 1.16. The van der Waals surface area contributed by atoms with Crippen LogP contribution in [0, 0.1) is 41.4 Å². The van der Waals surface area contributed by atoms with Crippen LogP contribution in [-0.2, 0) is 19.1 Å². The molecule has 1 aromatic carbocycles. The summed E-state index contributed by atoms with van der Waals surface area (Å²) in [6.45, 7) is 8.56. The van der Waals surface area contributed by atoms with Crippen molar-refractivity contribution in [2.75, 3.05) is 0 Å². The van der Waals surface area contributed by atoms with Gasteiger partial charge in [-0.3, -0.25) is 9.59 Å². The zero-order chi connectivity index (χ0) is 27.4. The molecule has 4 heteroatoms. The fourth-order valence-electron chi connectivity index (χ4n) is 10.0. The number of rotatable bonds is 4. The lowest BCUT2D eigenvalue weighted by atomic mass is 9.47. The van der Waals surface area contributed by atoms with Crippen LogP contribution in [0.3, 0.4) is 0 Å². The normalized spacial score (nSPS) is 41.4. The topological polar surface area (TPSA) is 52.6 Å². The summed E-state index contributed by atoms with van der Waals surface area (Å²) in [7, 11) is 0. The maximum absolute atomic E-state index is 13.9. The van der Waals surface area contributed by atoms with Crippen molar-refractivity contribution in [3.8, 4) is 0 Å². The highest BCUT2D eigenvalue weighted by atomic mass is 16.5. The van der Waals surface area contributed by atoms with Gasteiger partial charge >= 0.3 is 11.9 Å². The average molecular weight is 533 g/mol. The third-order valence-corrected chi connectivity index (χ3v) is 12.2. The second kappa shape index (κ2) is 10.4. The molecule has 0 amide bonds. The first kappa shape index (κ1) is 27.1. The predicted octanol–water partition coefficient (Wildman–Crippen LogP) is 8.08. The van der Waals surface area contributed by atoms with E-state index < -0.39 is 0 Å². The van der Waals surface area contributed by atoms with Gasteiger partial charge in [-0.2, -0.15) is 0 Å². The van der Waals surface area contributed by atoms with Gasteiger partial charge in [0.1, 0.15) is 12.2 Å². The van der Waals surface area contributed by atoms with Crippen LogP contribution in [0.15, 0.2) is 35.9 Å². The first-order chi connectivity index (χ1) is 18.7. The second-order valence-electron chi connectivity index (χ2n) is 14.2. The predicted molar refractivity (Wildman–Crippen MR) is 153 cm³/mol. The van der Waals surface area contributed by atoms with E-state index in [0.717, 1.165) is 64.2 Å². The van der Waals surface area contributed by atoms with Crippen molar-refractivity contribution in [1.29, 1.82) is 0 Å². The summed E-state index contributed by atoms with van der Waals surface area (Å²) in [6.07, 6.45) is 15.6. The van der Waals surface area contributed by atoms with E-state index >= 15 is 0 Å². The Morgan fingerprint density at radius 1 is 0.872 bits per heavy atom. The number of ether oxygens (including phenoxy) is 2. The van der Waals surface area contributed by atoms with Gasteiger partial charge in [-0.25, -0.2) is 0 Å². The Hall–Kier alpha value is -2.10. The van der Waals surface area contributed by atoms with Crippen LogP contribution in [-0.4, -0.2) is 24.1 Å². The van der Waals surface area contributed by atoms with Crippen molar-refractivity contribution >= 4 is 11.9 Å². The van der Waals surface area contributed by atoms with E-state index in [1.807, 2.05) is 0 Å². The van der Waals surface area contributed by atoms with Gasteiger partial charge in [-0.1, -0.05) is 61.7 Å². The maximum Gasteiger partial charge on any atom is 0.309 e. The number of esters is 2. The van der Waals surface area contributed by atoms with E-state index in [9.17, 15) is 9.59 Å². The second-order valence-corrected chi connectivity index (χ2v) is 14.2. The molecule has 212 valence electrons. The van der Waals surface area contributed by atoms with Crippen LogP contribution in [0.5, 0.6) is 0 Å². The van der Waals surface area contributed by atoms with Crippen LogP contribution in [0.4, 0.5) is 0 Å². The van der Waals surface area contributed by atoms with Crippen molar-refractivity contribution in [1.82, 2.24) is 0 Å². The van der Waals surface area contributed by atoms with Gasteiger partial charge in [0.05, 0.1) is 5.92 Å². The quantitative estimate of drug-likeness (QED) is 0.291. The monoisotopic (exact) mass is 532 g/mol. The third kappa shape index (κ3) is 4.78. The number of allylic oxidation sites excluding steroid dienone is 1. The molecule has 0 N–H and O–H groups in total. The molecule has 0 heterocycles. The lowest BCUT2D eigenvalue weighted by Gasteiger charge is -2.58. The molecule has 0 aromatic heterocycles. The molecule has 39 heavy (non-hydrogen) atoms. The summed E-state index contributed by atoms with van der Waals surface area (Å²) < 4.78 is 12.1. The largest absolute Gasteiger partial charge is 0.462 e. The minimum atomic E-state index is -0.159. The molecular formula is C35H48O4. The van der Waals surface area contributed by atoms with E-state index in [2.05, 4.69) is 51.1 Å². The Kier molecular flexibility index (Phi) is 7.21. The van der Waals surface area contributed by atoms with Crippen LogP contribution < -0.4 is 0 Å². The average Bonchev–Trinajstić information content (AvgIpc) is 3.27. The van der Waals surface area contributed by atoms with E-state index in [-0.39, 0.29) is 40.9 Å². The number of hydrogen-bond acceptors (Lipinski definition) is 4. The Morgan fingerprint density at radius 3 is 2.41 bits per heavy atom. The van der Waals surface area contributed by atoms with E-state index in [4.69, 9.17) is 9.47 Å². The lowest BCUT2D eigenvalue weighted by Crippen LogP contribution is -2.51. The highest BCUT2D eigenvalue weighted by Gasteiger charge is 2.60. The number of carbonyl (C=O) groups excluding carboxylic acids is 2. The molecule has 5 aliphatic rings. The molecule has 4 fully saturated rings. The molecular weight excluding hydrogens is 484 g/mol. The number of carbonyl (C=O) groups is 2. The van der Waals surface area contributed by atoms with Gasteiger partial charge in [0.2, 0.25) is 0 Å². The summed E-state index contributed by atoms with van der Waals surface area (Å²) in [5.41, 5.74) is 4.39. The number of hydrogen-bond donors (Lipinski definition) is 0. The fourth-order valence-corrected chi connectivity index (χ4v) is 10.0. The first-order valence-electron chi connectivity index (χ1n) is 15.8. The summed E-state index contributed by atoms with van der Waals surface area (Å²) >= 11 is 0. The zero-order valence-corrected chi connectivity index (χ0v) is 24.5. The Bertz CT molecular complexity index is 1120. The van der Waals surface area contributed by atoms with Gasteiger partial charge in [0.15, 0.2) is 0 Å². The number of fused-ring (bicyclic) bond motifs is 5. The van der Waals surface area contributed by atoms with Crippen molar-refractivity contribution in [2.45, 2.75) is 123 Å². The van der Waals surface area contributed by atoms with Crippen LogP contribution in [0.1, 0.15) is 115 Å². The van der Waals surface area contributed by atoms with Gasteiger partial charge in [-0.05, 0) is 105 Å². The molecule has 0 saturated heterocycles. The minimum absolute atomic E-state index is 0.0134. The van der Waals surface area contributed by atoms with E-state index in [0.29, 0.717) is 23.7 Å². The smallest absolute Gasteiger partial charge is 0.309 e. The molecule has 1 aromatic rings. The van der Waals surface area contributed by atoms with Gasteiger partial charge in [0.25, 0.3) is 0 Å². The van der Waals surface area contributed by atoms with Crippen molar-refractivity contribution in [2.24, 2.45) is 34.5 Å². The number of aryl methyl sites for hydroxylation is 1.